The lowest BCUT2D eigenvalue weighted by molar-refractivity contribution is 0.309. The van der Waals surface area contributed by atoms with Crippen LogP contribution in [0, 0.1) is 6.92 Å². The van der Waals surface area contributed by atoms with Gasteiger partial charge in [-0.25, -0.2) is 4.98 Å². The Morgan fingerprint density at radius 3 is 2.73 bits per heavy atom. The van der Waals surface area contributed by atoms with Crippen molar-refractivity contribution in [3.8, 4) is 5.75 Å². The van der Waals surface area contributed by atoms with Gasteiger partial charge in [0, 0.05) is 28.2 Å². The van der Waals surface area contributed by atoms with Crippen LogP contribution in [-0.4, -0.2) is 11.5 Å². The number of nitrogens with zero attached hydrogens (tertiary/aromatic N) is 1. The summed E-state index contributed by atoms with van der Waals surface area (Å²) in [4.78, 5) is 4.59. The Morgan fingerprint density at radius 1 is 1.15 bits per heavy atom. The van der Waals surface area contributed by atoms with Gasteiger partial charge in [0.15, 0.2) is 0 Å². The van der Waals surface area contributed by atoms with Crippen molar-refractivity contribution in [1.29, 1.82) is 0 Å². The average Bonchev–Trinajstić information content (AvgIpc) is 2.62. The highest BCUT2D eigenvalue weighted by molar-refractivity contribution is 6.37. The summed E-state index contributed by atoms with van der Waals surface area (Å²) in [6, 6.07) is 13.6. The molecule has 0 unspecified atom stereocenters. The minimum Gasteiger partial charge on any atom is -0.487 e. The van der Waals surface area contributed by atoms with Crippen molar-refractivity contribution in [2.45, 2.75) is 20.5 Å². The van der Waals surface area contributed by atoms with Crippen LogP contribution < -0.4 is 10.5 Å². The van der Waals surface area contributed by atoms with E-state index >= 15 is 0 Å². The molecular weight excluding hydrogens is 367 g/mol. The fraction of sp³-hybridized carbons (Fsp3) is 0.190. The third kappa shape index (κ3) is 3.85. The standard InChI is InChI=1S/C21H20Cl2N2O/c1-13(10-11-24)16-8-9-18(22)17(20(16)23)12-26-19-5-3-4-15-7-6-14(2)25-21(15)19/h3-10H,11-12,24H2,1-2H3/b13-10+. The van der Waals surface area contributed by atoms with E-state index in [0.29, 0.717) is 22.3 Å². The first kappa shape index (κ1) is 18.7. The van der Waals surface area contributed by atoms with Crippen molar-refractivity contribution in [3.05, 3.63) is 75.4 Å². The molecule has 1 aromatic heterocycles. The molecule has 0 atom stereocenters. The zero-order chi connectivity index (χ0) is 18.7. The number of hydrogen-bond donors (Lipinski definition) is 1. The van der Waals surface area contributed by atoms with Crippen LogP contribution in [0.5, 0.6) is 5.75 Å². The van der Waals surface area contributed by atoms with Crippen LogP contribution in [0.15, 0.2) is 48.5 Å². The Morgan fingerprint density at radius 2 is 1.96 bits per heavy atom. The maximum atomic E-state index is 6.59. The Balaban J connectivity index is 1.94. The Kier molecular flexibility index (Phi) is 5.82. The molecule has 0 aliphatic rings. The van der Waals surface area contributed by atoms with Crippen molar-refractivity contribution in [2.75, 3.05) is 6.54 Å². The number of pyridine rings is 1. The van der Waals surface area contributed by atoms with E-state index in [1.807, 2.05) is 62.4 Å². The number of benzene rings is 2. The van der Waals surface area contributed by atoms with Crippen LogP contribution in [0.4, 0.5) is 0 Å². The van der Waals surface area contributed by atoms with Crippen molar-refractivity contribution in [1.82, 2.24) is 4.98 Å². The van der Waals surface area contributed by atoms with Gasteiger partial charge in [0.2, 0.25) is 0 Å². The Bertz CT molecular complexity index is 983. The fourth-order valence-corrected chi connectivity index (χ4v) is 3.43. The first-order chi connectivity index (χ1) is 12.5. The van der Waals surface area contributed by atoms with Gasteiger partial charge >= 0.3 is 0 Å². The SMILES string of the molecule is C/C(=C\CN)c1ccc(Cl)c(COc2cccc3ccc(C)nc23)c1Cl. The quantitative estimate of drug-likeness (QED) is 0.603. The number of hydrogen-bond acceptors (Lipinski definition) is 3. The summed E-state index contributed by atoms with van der Waals surface area (Å²) in [5.74, 6) is 0.706. The van der Waals surface area contributed by atoms with Gasteiger partial charge < -0.3 is 10.5 Å². The second-order valence-corrected chi connectivity index (χ2v) is 6.86. The highest BCUT2D eigenvalue weighted by atomic mass is 35.5. The van der Waals surface area contributed by atoms with E-state index in [1.54, 1.807) is 0 Å². The second kappa shape index (κ2) is 8.09. The van der Waals surface area contributed by atoms with E-state index in [1.165, 1.54) is 0 Å². The molecule has 2 aromatic carbocycles. The highest BCUT2D eigenvalue weighted by Gasteiger charge is 2.13. The van der Waals surface area contributed by atoms with Crippen LogP contribution >= 0.6 is 23.2 Å². The maximum Gasteiger partial charge on any atom is 0.146 e. The monoisotopic (exact) mass is 386 g/mol. The van der Waals surface area contributed by atoms with E-state index in [0.717, 1.165) is 33.3 Å². The molecule has 3 aromatic rings. The van der Waals surface area contributed by atoms with Crippen molar-refractivity contribution >= 4 is 39.7 Å². The number of para-hydroxylation sites is 1. The van der Waals surface area contributed by atoms with E-state index < -0.39 is 0 Å². The van der Waals surface area contributed by atoms with Gasteiger partial charge in [-0.05, 0) is 43.2 Å². The van der Waals surface area contributed by atoms with Crippen LogP contribution in [0.3, 0.4) is 0 Å². The van der Waals surface area contributed by atoms with Gasteiger partial charge in [-0.3, -0.25) is 0 Å². The van der Waals surface area contributed by atoms with Crippen molar-refractivity contribution in [2.24, 2.45) is 5.73 Å². The smallest absolute Gasteiger partial charge is 0.146 e. The number of ether oxygens (including phenoxy) is 1. The minimum atomic E-state index is 0.260. The molecule has 0 saturated heterocycles. The summed E-state index contributed by atoms with van der Waals surface area (Å²) >= 11 is 13.0. The molecule has 0 amide bonds. The lowest BCUT2D eigenvalue weighted by Crippen LogP contribution is -2.01. The van der Waals surface area contributed by atoms with Crippen molar-refractivity contribution < 1.29 is 4.74 Å². The Labute approximate surface area is 163 Å². The molecule has 0 bridgehead atoms. The third-order valence-electron chi connectivity index (χ3n) is 4.23. The molecule has 3 rings (SSSR count). The van der Waals surface area contributed by atoms with E-state index in [4.69, 9.17) is 33.7 Å². The van der Waals surface area contributed by atoms with Gasteiger partial charge in [-0.15, -0.1) is 0 Å². The van der Waals surface area contributed by atoms with Crippen LogP contribution in [0.1, 0.15) is 23.7 Å². The van der Waals surface area contributed by atoms with Gasteiger partial charge in [0.05, 0.1) is 5.02 Å². The van der Waals surface area contributed by atoms with Crippen LogP contribution in [0.2, 0.25) is 10.0 Å². The fourth-order valence-electron chi connectivity index (χ4n) is 2.81. The zero-order valence-corrected chi connectivity index (χ0v) is 16.2. The molecule has 0 aliphatic carbocycles. The summed E-state index contributed by atoms with van der Waals surface area (Å²) in [5, 5.41) is 2.19. The zero-order valence-electron chi connectivity index (χ0n) is 14.7. The van der Waals surface area contributed by atoms with Gasteiger partial charge in [-0.1, -0.05) is 53.5 Å². The second-order valence-electron chi connectivity index (χ2n) is 6.08. The van der Waals surface area contributed by atoms with Gasteiger partial charge in [0.25, 0.3) is 0 Å². The Hall–Kier alpha value is -2.07. The first-order valence-corrected chi connectivity index (χ1v) is 9.10. The topological polar surface area (TPSA) is 48.1 Å². The molecule has 5 heteroatoms. The third-order valence-corrected chi connectivity index (χ3v) is 5.02. The molecule has 0 radical (unpaired) electrons. The van der Waals surface area contributed by atoms with E-state index in [2.05, 4.69) is 4.98 Å². The summed E-state index contributed by atoms with van der Waals surface area (Å²) < 4.78 is 6.04. The molecular formula is C21H20Cl2N2O. The number of fused-ring (bicyclic) bond motifs is 1. The number of rotatable bonds is 5. The predicted molar refractivity (Wildman–Crippen MR) is 110 cm³/mol. The molecule has 134 valence electrons. The largest absolute Gasteiger partial charge is 0.487 e. The molecule has 3 nitrogen and oxygen atoms in total. The molecule has 26 heavy (non-hydrogen) atoms. The van der Waals surface area contributed by atoms with E-state index in [9.17, 15) is 0 Å². The number of nitrogens with two attached hydrogens (primary N) is 1. The first-order valence-electron chi connectivity index (χ1n) is 8.34. The summed E-state index contributed by atoms with van der Waals surface area (Å²) in [5.41, 5.74) is 10.0. The molecule has 0 spiro atoms. The number of aromatic nitrogens is 1. The van der Waals surface area contributed by atoms with Crippen LogP contribution in [0.25, 0.3) is 16.5 Å². The summed E-state index contributed by atoms with van der Waals surface area (Å²) in [6.45, 7) is 4.65. The average molecular weight is 387 g/mol. The molecule has 2 N–H and O–H groups in total. The molecule has 0 aliphatic heterocycles. The lowest BCUT2D eigenvalue weighted by Gasteiger charge is -2.14. The molecule has 0 saturated carbocycles. The highest BCUT2D eigenvalue weighted by Crippen LogP contribution is 2.34. The van der Waals surface area contributed by atoms with Crippen molar-refractivity contribution in [3.63, 3.8) is 0 Å². The molecule has 1 heterocycles. The minimum absolute atomic E-state index is 0.260. The summed E-state index contributed by atoms with van der Waals surface area (Å²) in [7, 11) is 0. The maximum absolute atomic E-state index is 6.59. The lowest BCUT2D eigenvalue weighted by atomic mass is 10.0. The van der Waals surface area contributed by atoms with Gasteiger partial charge in [0.1, 0.15) is 17.9 Å². The summed E-state index contributed by atoms with van der Waals surface area (Å²) in [6.07, 6.45) is 1.93. The van der Waals surface area contributed by atoms with E-state index in [-0.39, 0.29) is 6.61 Å². The predicted octanol–water partition coefficient (Wildman–Crippen LogP) is 5.79. The normalized spacial score (nSPS) is 11.8. The van der Waals surface area contributed by atoms with Crippen LogP contribution in [-0.2, 0) is 6.61 Å². The number of allylic oxidation sites excluding steroid dienone is 1. The molecule has 0 fully saturated rings. The number of aryl methyl sites for hydroxylation is 1. The number of halogens is 2. The van der Waals surface area contributed by atoms with Gasteiger partial charge in [-0.2, -0.15) is 0 Å².